The molecule has 2 nitrogen and oxygen atoms in total. The maximum Gasteiger partial charge on any atom is 0.197 e. The fourth-order valence-electron chi connectivity index (χ4n) is 2.53. The van der Waals surface area contributed by atoms with Crippen LogP contribution in [0.4, 0.5) is 0 Å². The first kappa shape index (κ1) is 19.0. The first-order valence-corrected chi connectivity index (χ1v) is 8.70. The van der Waals surface area contributed by atoms with Crippen molar-refractivity contribution >= 4 is 5.57 Å². The second kappa shape index (κ2) is 9.24. The lowest BCUT2D eigenvalue weighted by molar-refractivity contribution is -0.0759. The standard InChI is InChI=1S/C23H28O2/c1-17(2)15-23(18(3)4)21-11-13-22(14-12-21)25-19(5)24-16-20-9-7-6-8-10-20/h6-15,19H,16H2,1-5H3. The van der Waals surface area contributed by atoms with Crippen LogP contribution in [-0.4, -0.2) is 6.29 Å². The van der Waals surface area contributed by atoms with Gasteiger partial charge in [0, 0.05) is 0 Å². The van der Waals surface area contributed by atoms with Crippen LogP contribution < -0.4 is 4.74 Å². The van der Waals surface area contributed by atoms with Crippen LogP contribution in [0.1, 0.15) is 45.7 Å². The van der Waals surface area contributed by atoms with Gasteiger partial charge in [0.25, 0.3) is 0 Å². The minimum Gasteiger partial charge on any atom is -0.465 e. The summed E-state index contributed by atoms with van der Waals surface area (Å²) in [6.45, 7) is 11.0. The Kier molecular flexibility index (Phi) is 7.03. The van der Waals surface area contributed by atoms with Gasteiger partial charge in [-0.3, -0.25) is 0 Å². The summed E-state index contributed by atoms with van der Waals surface area (Å²) in [5, 5.41) is 0. The van der Waals surface area contributed by atoms with E-state index >= 15 is 0 Å². The summed E-state index contributed by atoms with van der Waals surface area (Å²) in [6.07, 6.45) is 1.92. The molecule has 2 heteroatoms. The molecule has 0 amide bonds. The monoisotopic (exact) mass is 336 g/mol. The highest BCUT2D eigenvalue weighted by molar-refractivity contribution is 5.76. The molecule has 0 saturated carbocycles. The van der Waals surface area contributed by atoms with E-state index in [0.717, 1.165) is 11.3 Å². The van der Waals surface area contributed by atoms with Gasteiger partial charge in [0.15, 0.2) is 6.29 Å². The van der Waals surface area contributed by atoms with Crippen LogP contribution in [0.5, 0.6) is 5.75 Å². The maximum absolute atomic E-state index is 5.86. The highest BCUT2D eigenvalue weighted by Gasteiger charge is 2.06. The van der Waals surface area contributed by atoms with Crippen molar-refractivity contribution in [2.45, 2.75) is 47.5 Å². The third kappa shape index (κ3) is 6.24. The fraction of sp³-hybridized carbons (Fsp3) is 0.304. The van der Waals surface area contributed by atoms with Crippen LogP contribution >= 0.6 is 0 Å². The van der Waals surface area contributed by atoms with Gasteiger partial charge in [-0.25, -0.2) is 0 Å². The zero-order valence-electron chi connectivity index (χ0n) is 15.9. The summed E-state index contributed by atoms with van der Waals surface area (Å²) in [6, 6.07) is 18.3. The molecule has 1 unspecified atom stereocenters. The minimum atomic E-state index is -0.299. The Morgan fingerprint density at radius 1 is 0.920 bits per heavy atom. The zero-order chi connectivity index (χ0) is 18.2. The largest absolute Gasteiger partial charge is 0.465 e. The van der Waals surface area contributed by atoms with Gasteiger partial charge in [0.05, 0.1) is 6.61 Å². The first-order valence-electron chi connectivity index (χ1n) is 8.70. The number of rotatable bonds is 7. The molecule has 0 aliphatic carbocycles. The second-order valence-electron chi connectivity index (χ2n) is 6.64. The lowest BCUT2D eigenvalue weighted by Crippen LogP contribution is -2.16. The third-order valence-corrected chi connectivity index (χ3v) is 3.77. The van der Waals surface area contributed by atoms with Gasteiger partial charge < -0.3 is 9.47 Å². The van der Waals surface area contributed by atoms with Crippen molar-refractivity contribution in [3.63, 3.8) is 0 Å². The smallest absolute Gasteiger partial charge is 0.197 e. The molecule has 0 bridgehead atoms. The summed E-state index contributed by atoms with van der Waals surface area (Å²) in [5.74, 6) is 0.814. The average Bonchev–Trinajstić information content (AvgIpc) is 2.59. The van der Waals surface area contributed by atoms with E-state index < -0.39 is 0 Å². The van der Waals surface area contributed by atoms with Crippen molar-refractivity contribution in [1.82, 2.24) is 0 Å². The Labute approximate surface area is 151 Å². The lowest BCUT2D eigenvalue weighted by atomic mass is 9.99. The average molecular weight is 336 g/mol. The van der Waals surface area contributed by atoms with Crippen molar-refractivity contribution in [2.75, 3.05) is 0 Å². The Morgan fingerprint density at radius 3 is 2.12 bits per heavy atom. The maximum atomic E-state index is 5.86. The summed E-state index contributed by atoms with van der Waals surface area (Å²) in [5.41, 5.74) is 6.20. The molecule has 0 heterocycles. The molecule has 1 atom stereocenters. The molecule has 0 saturated heterocycles. The zero-order valence-corrected chi connectivity index (χ0v) is 15.9. The Hall–Kier alpha value is -2.32. The molecule has 0 N–H and O–H groups in total. The van der Waals surface area contributed by atoms with Crippen molar-refractivity contribution < 1.29 is 9.47 Å². The fourth-order valence-corrected chi connectivity index (χ4v) is 2.53. The Balaban J connectivity index is 1.97. The number of hydrogen-bond acceptors (Lipinski definition) is 2. The third-order valence-electron chi connectivity index (χ3n) is 3.77. The van der Waals surface area contributed by atoms with E-state index in [4.69, 9.17) is 9.47 Å². The van der Waals surface area contributed by atoms with E-state index in [1.54, 1.807) is 0 Å². The predicted molar refractivity (Wildman–Crippen MR) is 105 cm³/mol. The van der Waals surface area contributed by atoms with Crippen molar-refractivity contribution in [3.8, 4) is 5.75 Å². The van der Waals surface area contributed by atoms with Crippen LogP contribution in [0.25, 0.3) is 5.57 Å². The molecular formula is C23H28O2. The molecule has 0 aliphatic rings. The van der Waals surface area contributed by atoms with Gasteiger partial charge in [-0.05, 0) is 63.5 Å². The molecule has 2 rings (SSSR count). The Morgan fingerprint density at radius 2 is 1.56 bits per heavy atom. The van der Waals surface area contributed by atoms with Gasteiger partial charge in [-0.2, -0.15) is 0 Å². The first-order chi connectivity index (χ1) is 12.0. The number of ether oxygens (including phenoxy) is 2. The van der Waals surface area contributed by atoms with E-state index in [1.807, 2.05) is 49.4 Å². The van der Waals surface area contributed by atoms with E-state index in [1.165, 1.54) is 22.3 Å². The van der Waals surface area contributed by atoms with Crippen LogP contribution in [-0.2, 0) is 11.3 Å². The van der Waals surface area contributed by atoms with Crippen LogP contribution in [0.15, 0.2) is 71.8 Å². The molecular weight excluding hydrogens is 308 g/mol. The minimum absolute atomic E-state index is 0.299. The quantitative estimate of drug-likeness (QED) is 0.431. The summed E-state index contributed by atoms with van der Waals surface area (Å²) >= 11 is 0. The topological polar surface area (TPSA) is 18.5 Å². The van der Waals surface area contributed by atoms with Crippen molar-refractivity contribution in [3.05, 3.63) is 82.9 Å². The van der Waals surface area contributed by atoms with Gasteiger partial charge in [0.1, 0.15) is 5.75 Å². The Bertz CT molecular complexity index is 716. The molecule has 0 aromatic heterocycles. The predicted octanol–water partition coefficient (Wildman–Crippen LogP) is 6.39. The normalized spacial score (nSPS) is 11.6. The van der Waals surface area contributed by atoms with E-state index in [-0.39, 0.29) is 6.29 Å². The molecule has 0 radical (unpaired) electrons. The molecule has 2 aromatic rings. The molecule has 0 aliphatic heterocycles. The van der Waals surface area contributed by atoms with Gasteiger partial charge in [-0.15, -0.1) is 0 Å². The summed E-state index contributed by atoms with van der Waals surface area (Å²) in [4.78, 5) is 0. The molecule has 132 valence electrons. The lowest BCUT2D eigenvalue weighted by Gasteiger charge is -2.16. The van der Waals surface area contributed by atoms with Crippen molar-refractivity contribution in [1.29, 1.82) is 0 Å². The molecule has 2 aromatic carbocycles. The van der Waals surface area contributed by atoms with Crippen LogP contribution in [0.3, 0.4) is 0 Å². The van der Waals surface area contributed by atoms with E-state index in [9.17, 15) is 0 Å². The van der Waals surface area contributed by atoms with Gasteiger partial charge in [0.2, 0.25) is 0 Å². The summed E-state index contributed by atoms with van der Waals surface area (Å²) < 4.78 is 11.6. The molecule has 25 heavy (non-hydrogen) atoms. The van der Waals surface area contributed by atoms with E-state index in [2.05, 4.69) is 45.9 Å². The number of hydrogen-bond donors (Lipinski definition) is 0. The van der Waals surface area contributed by atoms with Gasteiger partial charge >= 0.3 is 0 Å². The highest BCUT2D eigenvalue weighted by Crippen LogP contribution is 2.24. The second-order valence-corrected chi connectivity index (χ2v) is 6.64. The van der Waals surface area contributed by atoms with Crippen molar-refractivity contribution in [2.24, 2.45) is 0 Å². The number of allylic oxidation sites excluding steroid dienone is 4. The molecule has 0 fully saturated rings. The number of benzene rings is 2. The summed E-state index contributed by atoms with van der Waals surface area (Å²) in [7, 11) is 0. The SMILES string of the molecule is CC(C)=CC(=C(C)C)c1ccc(OC(C)OCc2ccccc2)cc1. The highest BCUT2D eigenvalue weighted by atomic mass is 16.7. The van der Waals surface area contributed by atoms with Crippen LogP contribution in [0, 0.1) is 0 Å². The van der Waals surface area contributed by atoms with E-state index in [0.29, 0.717) is 6.61 Å². The van der Waals surface area contributed by atoms with Gasteiger partial charge in [-0.1, -0.05) is 59.7 Å². The van der Waals surface area contributed by atoms with Crippen LogP contribution in [0.2, 0.25) is 0 Å². The molecule has 0 spiro atoms.